The summed E-state index contributed by atoms with van der Waals surface area (Å²) in [7, 11) is 0. The molecule has 1 rings (SSSR count). The van der Waals surface area contributed by atoms with Crippen molar-refractivity contribution in [3.8, 4) is 0 Å². The van der Waals surface area contributed by atoms with Crippen LogP contribution in [-0.4, -0.2) is 24.9 Å². The van der Waals surface area contributed by atoms with Crippen LogP contribution in [0.4, 0.5) is 5.69 Å². The van der Waals surface area contributed by atoms with E-state index in [1.165, 1.54) is 0 Å². The van der Waals surface area contributed by atoms with E-state index in [-0.39, 0.29) is 18.4 Å². The van der Waals surface area contributed by atoms with Crippen LogP contribution in [0.25, 0.3) is 0 Å². The lowest BCUT2D eigenvalue weighted by molar-refractivity contribution is -0.120. The third-order valence-electron chi connectivity index (χ3n) is 2.24. The fourth-order valence-electron chi connectivity index (χ4n) is 1.26. The smallest absolute Gasteiger partial charge is 0.251 e. The highest BCUT2D eigenvalue weighted by Gasteiger charge is 2.08. The molecule has 6 heteroatoms. The number of hydrogen-bond acceptors (Lipinski definition) is 3. The lowest BCUT2D eigenvalue weighted by Crippen LogP contribution is -2.37. The van der Waals surface area contributed by atoms with Gasteiger partial charge in [-0.25, -0.2) is 0 Å². The van der Waals surface area contributed by atoms with E-state index in [0.29, 0.717) is 22.3 Å². The van der Waals surface area contributed by atoms with Crippen LogP contribution in [-0.2, 0) is 4.79 Å². The Balaban J connectivity index is 2.50. The molecule has 0 radical (unpaired) electrons. The van der Waals surface area contributed by atoms with Gasteiger partial charge in [0.05, 0.1) is 6.54 Å². The van der Waals surface area contributed by atoms with Crippen molar-refractivity contribution in [2.75, 3.05) is 18.8 Å². The lowest BCUT2D eigenvalue weighted by Gasteiger charge is -2.07. The van der Waals surface area contributed by atoms with Crippen LogP contribution in [0.15, 0.2) is 22.7 Å². The van der Waals surface area contributed by atoms with E-state index in [1.807, 2.05) is 6.92 Å². The van der Waals surface area contributed by atoms with E-state index in [9.17, 15) is 9.59 Å². The van der Waals surface area contributed by atoms with Crippen LogP contribution >= 0.6 is 15.9 Å². The number of nitrogens with two attached hydrogens (primary N) is 1. The van der Waals surface area contributed by atoms with Gasteiger partial charge >= 0.3 is 0 Å². The summed E-state index contributed by atoms with van der Waals surface area (Å²) >= 11 is 3.24. The molecule has 0 bridgehead atoms. The van der Waals surface area contributed by atoms with Crippen molar-refractivity contribution in [1.82, 2.24) is 10.6 Å². The molecule has 0 atom stereocenters. The predicted molar refractivity (Wildman–Crippen MR) is 74.2 cm³/mol. The zero-order chi connectivity index (χ0) is 13.5. The molecule has 0 aliphatic heterocycles. The first-order valence-corrected chi connectivity index (χ1v) is 6.43. The van der Waals surface area contributed by atoms with Crippen LogP contribution < -0.4 is 16.4 Å². The topological polar surface area (TPSA) is 84.2 Å². The molecule has 0 aromatic heterocycles. The molecule has 0 spiro atoms. The Morgan fingerprint density at radius 2 is 2.06 bits per heavy atom. The number of halogens is 1. The number of carbonyl (C=O) groups excluding carboxylic acids is 2. The summed E-state index contributed by atoms with van der Waals surface area (Å²) in [6.45, 7) is 2.55. The number of carbonyl (C=O) groups is 2. The van der Waals surface area contributed by atoms with Crippen molar-refractivity contribution < 1.29 is 9.59 Å². The molecule has 0 fully saturated rings. The largest absolute Gasteiger partial charge is 0.398 e. The van der Waals surface area contributed by atoms with Crippen molar-refractivity contribution in [2.45, 2.75) is 13.3 Å². The van der Waals surface area contributed by atoms with Gasteiger partial charge in [-0.15, -0.1) is 0 Å². The van der Waals surface area contributed by atoms with E-state index in [1.54, 1.807) is 18.2 Å². The summed E-state index contributed by atoms with van der Waals surface area (Å²) in [5, 5.41) is 5.22. The van der Waals surface area contributed by atoms with Gasteiger partial charge in [0.25, 0.3) is 5.91 Å². The van der Waals surface area contributed by atoms with Crippen molar-refractivity contribution in [2.24, 2.45) is 0 Å². The number of hydrogen-bond donors (Lipinski definition) is 3. The average Bonchev–Trinajstić information content (AvgIpc) is 2.36. The zero-order valence-electron chi connectivity index (χ0n) is 10.1. The lowest BCUT2D eigenvalue weighted by atomic mass is 10.2. The van der Waals surface area contributed by atoms with Crippen molar-refractivity contribution >= 4 is 33.4 Å². The third kappa shape index (κ3) is 4.37. The molecule has 0 aliphatic carbocycles. The van der Waals surface area contributed by atoms with Gasteiger partial charge in [0, 0.05) is 22.3 Å². The molecule has 98 valence electrons. The van der Waals surface area contributed by atoms with Crippen LogP contribution in [0.2, 0.25) is 0 Å². The maximum Gasteiger partial charge on any atom is 0.251 e. The summed E-state index contributed by atoms with van der Waals surface area (Å²) in [5.41, 5.74) is 6.64. The number of amides is 2. The Hall–Kier alpha value is -1.56. The van der Waals surface area contributed by atoms with Gasteiger partial charge < -0.3 is 16.4 Å². The predicted octanol–water partition coefficient (Wildman–Crippen LogP) is 1.29. The minimum atomic E-state index is -0.303. The normalized spacial score (nSPS) is 9.89. The first-order chi connectivity index (χ1) is 8.54. The van der Waals surface area contributed by atoms with Gasteiger partial charge in [-0.05, 0) is 40.5 Å². The summed E-state index contributed by atoms with van der Waals surface area (Å²) in [5.74, 6) is -0.498. The quantitative estimate of drug-likeness (QED) is 0.716. The SMILES string of the molecule is CCCNC(=O)CNC(=O)c1ccc(N)c(Br)c1. The number of rotatable bonds is 5. The van der Waals surface area contributed by atoms with Crippen molar-refractivity contribution in [3.05, 3.63) is 28.2 Å². The number of anilines is 1. The molecule has 1 aromatic rings. The first kappa shape index (κ1) is 14.5. The second kappa shape index (κ2) is 7.00. The highest BCUT2D eigenvalue weighted by molar-refractivity contribution is 9.10. The summed E-state index contributed by atoms with van der Waals surface area (Å²) in [6.07, 6.45) is 0.866. The molecule has 0 heterocycles. The van der Waals surface area contributed by atoms with Crippen molar-refractivity contribution in [3.63, 3.8) is 0 Å². The van der Waals surface area contributed by atoms with Crippen LogP contribution in [0, 0.1) is 0 Å². The van der Waals surface area contributed by atoms with Gasteiger partial charge in [0.1, 0.15) is 0 Å². The Morgan fingerprint density at radius 3 is 2.67 bits per heavy atom. The maximum atomic E-state index is 11.7. The highest BCUT2D eigenvalue weighted by Crippen LogP contribution is 2.20. The first-order valence-electron chi connectivity index (χ1n) is 5.64. The number of benzene rings is 1. The summed E-state index contributed by atoms with van der Waals surface area (Å²) in [6, 6.07) is 4.87. The molecule has 18 heavy (non-hydrogen) atoms. The van der Waals surface area contributed by atoms with Gasteiger partial charge in [0.15, 0.2) is 0 Å². The molecule has 0 saturated carbocycles. The van der Waals surface area contributed by atoms with E-state index >= 15 is 0 Å². The molecular weight excluding hydrogens is 298 g/mol. The molecule has 2 amide bonds. The molecule has 4 N–H and O–H groups in total. The summed E-state index contributed by atoms with van der Waals surface area (Å²) in [4.78, 5) is 23.0. The Kier molecular flexibility index (Phi) is 5.64. The molecular formula is C12H16BrN3O2. The molecule has 0 aliphatic rings. The molecule has 0 unspecified atom stereocenters. The van der Waals surface area contributed by atoms with E-state index in [0.717, 1.165) is 6.42 Å². The van der Waals surface area contributed by atoms with Crippen LogP contribution in [0.1, 0.15) is 23.7 Å². The maximum absolute atomic E-state index is 11.7. The van der Waals surface area contributed by atoms with Crippen LogP contribution in [0.3, 0.4) is 0 Å². The standard InChI is InChI=1S/C12H16BrN3O2/c1-2-5-15-11(17)7-16-12(18)8-3-4-10(14)9(13)6-8/h3-4,6H,2,5,7,14H2,1H3,(H,15,17)(H,16,18). The fourth-order valence-corrected chi connectivity index (χ4v) is 1.64. The fraction of sp³-hybridized carbons (Fsp3) is 0.333. The second-order valence-electron chi connectivity index (χ2n) is 3.77. The third-order valence-corrected chi connectivity index (χ3v) is 2.93. The van der Waals surface area contributed by atoms with E-state index < -0.39 is 0 Å². The Bertz CT molecular complexity index is 449. The Morgan fingerprint density at radius 1 is 1.33 bits per heavy atom. The number of nitrogen functional groups attached to an aromatic ring is 1. The molecule has 0 saturated heterocycles. The Labute approximate surface area is 114 Å². The molecule has 5 nitrogen and oxygen atoms in total. The van der Waals surface area contributed by atoms with E-state index in [2.05, 4.69) is 26.6 Å². The van der Waals surface area contributed by atoms with Gasteiger partial charge in [0.2, 0.25) is 5.91 Å². The van der Waals surface area contributed by atoms with Gasteiger partial charge in [-0.2, -0.15) is 0 Å². The summed E-state index contributed by atoms with van der Waals surface area (Å²) < 4.78 is 0.658. The van der Waals surface area contributed by atoms with Gasteiger partial charge in [-0.1, -0.05) is 6.92 Å². The van der Waals surface area contributed by atoms with Gasteiger partial charge in [-0.3, -0.25) is 9.59 Å². The zero-order valence-corrected chi connectivity index (χ0v) is 11.7. The monoisotopic (exact) mass is 313 g/mol. The highest BCUT2D eigenvalue weighted by atomic mass is 79.9. The van der Waals surface area contributed by atoms with E-state index in [4.69, 9.17) is 5.73 Å². The molecule has 1 aromatic carbocycles. The second-order valence-corrected chi connectivity index (χ2v) is 4.62. The van der Waals surface area contributed by atoms with Crippen molar-refractivity contribution in [1.29, 1.82) is 0 Å². The minimum Gasteiger partial charge on any atom is -0.398 e. The minimum absolute atomic E-state index is 0.0270. The number of nitrogens with one attached hydrogen (secondary N) is 2. The van der Waals surface area contributed by atoms with Crippen LogP contribution in [0.5, 0.6) is 0 Å². The average molecular weight is 314 g/mol.